The Hall–Kier alpha value is -2.06. The van der Waals surface area contributed by atoms with E-state index in [1.54, 1.807) is 12.3 Å². The highest BCUT2D eigenvalue weighted by Crippen LogP contribution is 2.01. The van der Waals surface area contributed by atoms with Gasteiger partial charge in [0.15, 0.2) is 5.84 Å². The number of nitrogens with zero attached hydrogens (tertiary/aromatic N) is 2. The lowest BCUT2D eigenvalue weighted by molar-refractivity contribution is 0.318. The van der Waals surface area contributed by atoms with Crippen LogP contribution in [0.3, 0.4) is 0 Å². The Morgan fingerprint density at radius 3 is 3.18 bits per heavy atom. The number of aromatic nitrogens is 1. The minimum Gasteiger partial charge on any atom is -0.409 e. The van der Waals surface area contributed by atoms with E-state index in [1.165, 1.54) is 0 Å². The predicted molar refractivity (Wildman–Crippen MR) is 66.5 cm³/mol. The maximum Gasteiger partial charge on any atom is 0.188 e. The number of nitrogens with two attached hydrogens (primary N) is 1. The molecule has 0 fully saturated rings. The van der Waals surface area contributed by atoms with Crippen LogP contribution in [0.5, 0.6) is 0 Å². The van der Waals surface area contributed by atoms with E-state index < -0.39 is 0 Å². The zero-order valence-electron chi connectivity index (χ0n) is 9.56. The highest BCUT2D eigenvalue weighted by atomic mass is 16.4. The third-order valence-electron chi connectivity index (χ3n) is 2.20. The Morgan fingerprint density at radius 2 is 2.47 bits per heavy atom. The molecule has 1 heterocycles. The highest BCUT2D eigenvalue weighted by Gasteiger charge is 2.01. The van der Waals surface area contributed by atoms with Gasteiger partial charge in [0.25, 0.3) is 0 Å². The van der Waals surface area contributed by atoms with Crippen LogP contribution < -0.4 is 11.1 Å². The molecule has 0 saturated heterocycles. The van der Waals surface area contributed by atoms with Crippen LogP contribution in [-0.2, 0) is 6.54 Å². The van der Waals surface area contributed by atoms with Gasteiger partial charge in [0.2, 0.25) is 0 Å². The third kappa shape index (κ3) is 4.53. The van der Waals surface area contributed by atoms with Crippen molar-refractivity contribution in [2.45, 2.75) is 19.4 Å². The second-order valence-electron chi connectivity index (χ2n) is 3.52. The molecule has 0 aromatic carbocycles. The number of terminal acetylenes is 1. The first-order valence-corrected chi connectivity index (χ1v) is 5.35. The molecule has 0 atom stereocenters. The molecule has 5 heteroatoms. The first-order chi connectivity index (χ1) is 8.27. The van der Waals surface area contributed by atoms with E-state index in [1.807, 2.05) is 6.07 Å². The summed E-state index contributed by atoms with van der Waals surface area (Å²) < 4.78 is 0. The highest BCUT2D eigenvalue weighted by molar-refractivity contribution is 5.95. The Kier molecular flexibility index (Phi) is 5.55. The average Bonchev–Trinajstić information content (AvgIpc) is 2.38. The summed E-state index contributed by atoms with van der Waals surface area (Å²) in [4.78, 5) is 4.00. The number of unbranched alkanes of at least 4 members (excludes halogenated alkanes) is 1. The number of nitrogens with one attached hydrogen (secondary N) is 1. The maximum atomic E-state index is 8.54. The van der Waals surface area contributed by atoms with Crippen LogP contribution in [0.1, 0.15) is 24.1 Å². The summed E-state index contributed by atoms with van der Waals surface area (Å²) in [5.41, 5.74) is 6.95. The van der Waals surface area contributed by atoms with E-state index in [0.29, 0.717) is 12.2 Å². The van der Waals surface area contributed by atoms with E-state index >= 15 is 0 Å². The molecule has 1 rings (SSSR count). The van der Waals surface area contributed by atoms with Crippen LogP contribution in [0.2, 0.25) is 0 Å². The van der Waals surface area contributed by atoms with Gasteiger partial charge in [-0.3, -0.25) is 4.98 Å². The first kappa shape index (κ1) is 13.0. The molecule has 4 N–H and O–H groups in total. The Morgan fingerprint density at radius 1 is 1.65 bits per heavy atom. The molecule has 0 aliphatic heterocycles. The zero-order chi connectivity index (χ0) is 12.5. The van der Waals surface area contributed by atoms with Gasteiger partial charge in [-0.15, -0.1) is 12.3 Å². The number of pyridine rings is 1. The smallest absolute Gasteiger partial charge is 0.188 e. The lowest BCUT2D eigenvalue weighted by Gasteiger charge is -2.05. The molecule has 0 spiro atoms. The molecule has 90 valence electrons. The van der Waals surface area contributed by atoms with Crippen LogP contribution in [0.4, 0.5) is 0 Å². The summed E-state index contributed by atoms with van der Waals surface area (Å²) in [5, 5.41) is 14.7. The quantitative estimate of drug-likeness (QED) is 0.168. The second-order valence-corrected chi connectivity index (χ2v) is 3.52. The SMILES string of the molecule is C#CCCCNCc1ccnc(/C(N)=N\O)c1. The molecular formula is C12H16N4O. The van der Waals surface area contributed by atoms with Gasteiger partial charge in [-0.25, -0.2) is 0 Å². The van der Waals surface area contributed by atoms with Crippen LogP contribution in [-0.4, -0.2) is 22.6 Å². The molecule has 0 amide bonds. The van der Waals surface area contributed by atoms with Crippen molar-refractivity contribution in [1.29, 1.82) is 0 Å². The van der Waals surface area contributed by atoms with Crippen molar-refractivity contribution >= 4 is 5.84 Å². The molecule has 0 unspecified atom stereocenters. The summed E-state index contributed by atoms with van der Waals surface area (Å²) in [5.74, 6) is 2.60. The standard InChI is InChI=1S/C12H16N4O/c1-2-3-4-6-14-9-10-5-7-15-11(8-10)12(13)16-17/h1,5,7-8,14,17H,3-4,6,9H2,(H2,13,16). The molecule has 1 aromatic heterocycles. The maximum absolute atomic E-state index is 8.54. The van der Waals surface area contributed by atoms with Gasteiger partial charge in [0, 0.05) is 19.2 Å². The number of amidine groups is 1. The van der Waals surface area contributed by atoms with E-state index in [9.17, 15) is 0 Å². The molecule has 0 radical (unpaired) electrons. The Labute approximate surface area is 101 Å². The van der Waals surface area contributed by atoms with Crippen LogP contribution in [0.25, 0.3) is 0 Å². The predicted octanol–water partition coefficient (Wildman–Crippen LogP) is 0.679. The number of oxime groups is 1. The minimum atomic E-state index is 0.0131. The van der Waals surface area contributed by atoms with E-state index in [4.69, 9.17) is 17.4 Å². The summed E-state index contributed by atoms with van der Waals surface area (Å²) in [6.45, 7) is 1.57. The largest absolute Gasteiger partial charge is 0.409 e. The molecule has 0 aliphatic carbocycles. The van der Waals surface area contributed by atoms with Gasteiger partial charge < -0.3 is 16.3 Å². The van der Waals surface area contributed by atoms with Crippen molar-refractivity contribution in [3.8, 4) is 12.3 Å². The lowest BCUT2D eigenvalue weighted by Crippen LogP contribution is -2.17. The Balaban J connectivity index is 2.47. The molecule has 0 bridgehead atoms. The normalized spacial score (nSPS) is 11.1. The number of hydrogen-bond donors (Lipinski definition) is 3. The third-order valence-corrected chi connectivity index (χ3v) is 2.20. The van der Waals surface area contributed by atoms with Crippen molar-refractivity contribution in [3.05, 3.63) is 29.6 Å². The van der Waals surface area contributed by atoms with Crippen LogP contribution in [0.15, 0.2) is 23.5 Å². The first-order valence-electron chi connectivity index (χ1n) is 5.35. The Bertz CT molecular complexity index is 423. The molecule has 0 aliphatic rings. The molecule has 17 heavy (non-hydrogen) atoms. The van der Waals surface area contributed by atoms with Crippen molar-refractivity contribution in [1.82, 2.24) is 10.3 Å². The second kappa shape index (κ2) is 7.25. The van der Waals surface area contributed by atoms with Crippen molar-refractivity contribution in [2.75, 3.05) is 6.54 Å². The van der Waals surface area contributed by atoms with E-state index in [2.05, 4.69) is 21.4 Å². The van der Waals surface area contributed by atoms with Crippen LogP contribution >= 0.6 is 0 Å². The lowest BCUT2D eigenvalue weighted by atomic mass is 10.2. The summed E-state index contributed by atoms with van der Waals surface area (Å²) in [6.07, 6.45) is 8.51. The fourth-order valence-corrected chi connectivity index (χ4v) is 1.32. The summed E-state index contributed by atoms with van der Waals surface area (Å²) in [6, 6.07) is 3.66. The van der Waals surface area contributed by atoms with Gasteiger partial charge in [-0.1, -0.05) is 5.16 Å². The monoisotopic (exact) mass is 232 g/mol. The van der Waals surface area contributed by atoms with Crippen molar-refractivity contribution < 1.29 is 5.21 Å². The number of rotatable bonds is 6. The van der Waals surface area contributed by atoms with E-state index in [-0.39, 0.29) is 5.84 Å². The van der Waals surface area contributed by atoms with Gasteiger partial charge in [0.1, 0.15) is 5.69 Å². The van der Waals surface area contributed by atoms with Crippen molar-refractivity contribution in [2.24, 2.45) is 10.9 Å². The van der Waals surface area contributed by atoms with Gasteiger partial charge in [-0.05, 0) is 30.7 Å². The molecule has 5 nitrogen and oxygen atoms in total. The average molecular weight is 232 g/mol. The molecular weight excluding hydrogens is 216 g/mol. The van der Waals surface area contributed by atoms with Crippen molar-refractivity contribution in [3.63, 3.8) is 0 Å². The van der Waals surface area contributed by atoms with Gasteiger partial charge in [0.05, 0.1) is 0 Å². The van der Waals surface area contributed by atoms with Gasteiger partial charge >= 0.3 is 0 Å². The molecule has 1 aromatic rings. The molecule has 0 saturated carbocycles. The topological polar surface area (TPSA) is 83.5 Å². The fourth-order valence-electron chi connectivity index (χ4n) is 1.32. The minimum absolute atomic E-state index is 0.0131. The van der Waals surface area contributed by atoms with Gasteiger partial charge in [-0.2, -0.15) is 0 Å². The number of hydrogen-bond acceptors (Lipinski definition) is 4. The van der Waals surface area contributed by atoms with Crippen LogP contribution in [0, 0.1) is 12.3 Å². The van der Waals surface area contributed by atoms with E-state index in [0.717, 1.165) is 24.9 Å². The summed E-state index contributed by atoms with van der Waals surface area (Å²) in [7, 11) is 0. The zero-order valence-corrected chi connectivity index (χ0v) is 9.56. The summed E-state index contributed by atoms with van der Waals surface area (Å²) >= 11 is 0. The fraction of sp³-hybridized carbons (Fsp3) is 0.333.